The maximum Gasteiger partial charge on any atom is 0.293 e. The first-order valence-corrected chi connectivity index (χ1v) is 6.66. The molecular formula is C14H15N3O3. The number of carbonyl (C=O) groups is 1. The van der Waals surface area contributed by atoms with Crippen molar-refractivity contribution in [3.63, 3.8) is 0 Å². The average Bonchev–Trinajstić information content (AvgIpc) is 2.94. The molecule has 0 aliphatic carbocycles. The van der Waals surface area contributed by atoms with Crippen molar-refractivity contribution in [1.29, 1.82) is 0 Å². The van der Waals surface area contributed by atoms with Crippen molar-refractivity contribution in [2.45, 2.75) is 25.3 Å². The number of piperidine rings is 1. The Bertz CT molecular complexity index is 647. The molecule has 1 amide bonds. The van der Waals surface area contributed by atoms with Crippen LogP contribution < -0.4 is 5.56 Å². The van der Waals surface area contributed by atoms with E-state index < -0.39 is 5.56 Å². The summed E-state index contributed by atoms with van der Waals surface area (Å²) >= 11 is 0. The van der Waals surface area contributed by atoms with Gasteiger partial charge in [0, 0.05) is 12.7 Å². The summed E-state index contributed by atoms with van der Waals surface area (Å²) in [6.45, 7) is 0.648. The Morgan fingerprint density at radius 1 is 1.40 bits per heavy atom. The third-order valence-electron chi connectivity index (χ3n) is 3.53. The van der Waals surface area contributed by atoms with Crippen LogP contribution in [0.2, 0.25) is 0 Å². The fourth-order valence-electron chi connectivity index (χ4n) is 2.59. The lowest BCUT2D eigenvalue weighted by atomic mass is 9.98. The van der Waals surface area contributed by atoms with Gasteiger partial charge in [0.05, 0.1) is 17.8 Å². The molecule has 1 aliphatic rings. The van der Waals surface area contributed by atoms with E-state index in [-0.39, 0.29) is 17.7 Å². The minimum Gasteiger partial charge on any atom is -0.373 e. The highest BCUT2D eigenvalue weighted by Crippen LogP contribution is 2.30. The molecule has 1 N–H and O–H groups in total. The fraction of sp³-hybridized carbons (Fsp3) is 0.357. The highest BCUT2D eigenvalue weighted by molar-refractivity contribution is 5.91. The van der Waals surface area contributed by atoms with E-state index in [0.717, 1.165) is 25.0 Å². The van der Waals surface area contributed by atoms with E-state index in [0.29, 0.717) is 6.54 Å². The number of aromatic amines is 1. The summed E-state index contributed by atoms with van der Waals surface area (Å²) in [4.78, 5) is 29.6. The number of aromatic nitrogens is 2. The predicted molar refractivity (Wildman–Crippen MR) is 71.2 cm³/mol. The lowest BCUT2D eigenvalue weighted by Gasteiger charge is -2.34. The molecule has 0 aromatic carbocycles. The van der Waals surface area contributed by atoms with Crippen LogP contribution in [0.3, 0.4) is 0 Å². The molecule has 6 nitrogen and oxygen atoms in total. The van der Waals surface area contributed by atoms with Gasteiger partial charge < -0.3 is 9.42 Å². The molecule has 3 heterocycles. The Morgan fingerprint density at radius 2 is 2.30 bits per heavy atom. The molecule has 6 heteroatoms. The summed E-state index contributed by atoms with van der Waals surface area (Å²) < 4.78 is 4.91. The van der Waals surface area contributed by atoms with E-state index in [9.17, 15) is 9.59 Å². The monoisotopic (exact) mass is 273 g/mol. The van der Waals surface area contributed by atoms with Crippen LogP contribution in [0.5, 0.6) is 0 Å². The van der Waals surface area contributed by atoms with Gasteiger partial charge in [-0.15, -0.1) is 0 Å². The van der Waals surface area contributed by atoms with E-state index in [1.807, 2.05) is 18.2 Å². The quantitative estimate of drug-likeness (QED) is 0.903. The molecule has 1 atom stereocenters. The second-order valence-corrected chi connectivity index (χ2v) is 4.84. The van der Waals surface area contributed by atoms with Gasteiger partial charge in [0.2, 0.25) is 5.76 Å². The lowest BCUT2D eigenvalue weighted by molar-refractivity contribution is 0.0564. The van der Waals surface area contributed by atoms with Crippen LogP contribution in [0.15, 0.2) is 39.8 Å². The van der Waals surface area contributed by atoms with Gasteiger partial charge in [-0.1, -0.05) is 6.07 Å². The summed E-state index contributed by atoms with van der Waals surface area (Å²) in [5, 5.41) is 2.15. The topological polar surface area (TPSA) is 79.2 Å². The third-order valence-corrected chi connectivity index (χ3v) is 3.53. The number of nitrogens with zero attached hydrogens (tertiary/aromatic N) is 2. The first kappa shape index (κ1) is 12.7. The van der Waals surface area contributed by atoms with E-state index in [1.54, 1.807) is 11.1 Å². The second kappa shape index (κ2) is 5.32. The van der Waals surface area contributed by atoms with Crippen LogP contribution in [0.25, 0.3) is 0 Å². The number of hydrogen-bond donors (Lipinski definition) is 1. The third kappa shape index (κ3) is 2.36. The normalized spacial score (nSPS) is 19.0. The zero-order chi connectivity index (χ0) is 13.9. The minimum atomic E-state index is -0.403. The Labute approximate surface area is 115 Å². The van der Waals surface area contributed by atoms with Crippen LogP contribution in [-0.4, -0.2) is 27.5 Å². The number of hydrogen-bond acceptors (Lipinski definition) is 4. The van der Waals surface area contributed by atoms with Crippen molar-refractivity contribution in [2.75, 3.05) is 6.54 Å². The van der Waals surface area contributed by atoms with Crippen molar-refractivity contribution < 1.29 is 9.32 Å². The Hall–Kier alpha value is -2.37. The van der Waals surface area contributed by atoms with Crippen molar-refractivity contribution in [1.82, 2.24) is 15.0 Å². The van der Waals surface area contributed by atoms with E-state index in [2.05, 4.69) is 10.1 Å². The van der Waals surface area contributed by atoms with Gasteiger partial charge >= 0.3 is 0 Å². The zero-order valence-corrected chi connectivity index (χ0v) is 10.9. The molecule has 0 radical (unpaired) electrons. The number of H-pyrrole nitrogens is 1. The van der Waals surface area contributed by atoms with Crippen LogP contribution in [0, 0.1) is 0 Å². The van der Waals surface area contributed by atoms with E-state index in [4.69, 9.17) is 4.52 Å². The molecule has 0 bridgehead atoms. The predicted octanol–water partition coefficient (Wildman–Crippen LogP) is 1.73. The van der Waals surface area contributed by atoms with Crippen LogP contribution in [0.4, 0.5) is 0 Å². The zero-order valence-electron chi connectivity index (χ0n) is 10.9. The molecule has 3 rings (SSSR count). The fourth-order valence-corrected chi connectivity index (χ4v) is 2.59. The number of amides is 1. The molecule has 0 unspecified atom stereocenters. The van der Waals surface area contributed by atoms with Crippen LogP contribution >= 0.6 is 0 Å². The summed E-state index contributed by atoms with van der Waals surface area (Å²) in [7, 11) is 0. The molecule has 20 heavy (non-hydrogen) atoms. The van der Waals surface area contributed by atoms with Gasteiger partial charge in [-0.05, 0) is 31.4 Å². The molecular weight excluding hydrogens is 258 g/mol. The molecule has 2 aromatic heterocycles. The maximum absolute atomic E-state index is 12.4. The molecule has 0 saturated carbocycles. The number of likely N-dealkylation sites (tertiary alicyclic amines) is 1. The SMILES string of the molecule is O=C(c1cc(=O)[nH]o1)N1CCCC[C@@H]1c1ccccn1. The molecule has 2 aromatic rings. The standard InChI is InChI=1S/C14H15N3O3/c18-13-9-12(20-16-13)14(19)17-8-4-2-6-11(17)10-5-1-3-7-15-10/h1,3,5,7,9,11H,2,4,6,8H2,(H,16,18)/t11-/m1/s1. The van der Waals surface area contributed by atoms with Crippen LogP contribution in [-0.2, 0) is 0 Å². The second-order valence-electron chi connectivity index (χ2n) is 4.84. The Kier molecular flexibility index (Phi) is 3.37. The molecule has 1 fully saturated rings. The van der Waals surface area contributed by atoms with E-state index in [1.165, 1.54) is 6.07 Å². The Balaban J connectivity index is 1.89. The highest BCUT2D eigenvalue weighted by atomic mass is 16.5. The van der Waals surface area contributed by atoms with Crippen molar-refractivity contribution in [2.24, 2.45) is 0 Å². The largest absolute Gasteiger partial charge is 0.373 e. The maximum atomic E-state index is 12.4. The molecule has 1 saturated heterocycles. The highest BCUT2D eigenvalue weighted by Gasteiger charge is 2.31. The van der Waals surface area contributed by atoms with Crippen molar-refractivity contribution in [3.05, 3.63) is 52.3 Å². The average molecular weight is 273 g/mol. The summed E-state index contributed by atoms with van der Waals surface area (Å²) in [5.74, 6) is -0.212. The first-order valence-electron chi connectivity index (χ1n) is 6.66. The van der Waals surface area contributed by atoms with Gasteiger partial charge in [-0.2, -0.15) is 5.16 Å². The molecule has 104 valence electrons. The number of nitrogens with one attached hydrogen (secondary N) is 1. The summed E-state index contributed by atoms with van der Waals surface area (Å²) in [6.07, 6.45) is 4.60. The van der Waals surface area contributed by atoms with Gasteiger partial charge in [0.25, 0.3) is 11.5 Å². The smallest absolute Gasteiger partial charge is 0.293 e. The van der Waals surface area contributed by atoms with Gasteiger partial charge in [-0.25, -0.2) is 0 Å². The number of pyridine rings is 1. The lowest BCUT2D eigenvalue weighted by Crippen LogP contribution is -2.38. The first-order chi connectivity index (χ1) is 9.75. The number of carbonyl (C=O) groups excluding carboxylic acids is 1. The van der Waals surface area contributed by atoms with Crippen molar-refractivity contribution >= 4 is 5.91 Å². The van der Waals surface area contributed by atoms with E-state index >= 15 is 0 Å². The van der Waals surface area contributed by atoms with Gasteiger partial charge in [0.15, 0.2) is 0 Å². The molecule has 1 aliphatic heterocycles. The number of rotatable bonds is 2. The van der Waals surface area contributed by atoms with Crippen LogP contribution in [0.1, 0.15) is 41.6 Å². The Morgan fingerprint density at radius 3 is 3.00 bits per heavy atom. The van der Waals surface area contributed by atoms with Gasteiger partial charge in [-0.3, -0.25) is 14.6 Å². The summed E-state index contributed by atoms with van der Waals surface area (Å²) in [5.41, 5.74) is 0.471. The van der Waals surface area contributed by atoms with Gasteiger partial charge in [0.1, 0.15) is 0 Å². The molecule has 0 spiro atoms. The minimum absolute atomic E-state index is 0.0535. The van der Waals surface area contributed by atoms with Crippen molar-refractivity contribution in [3.8, 4) is 0 Å². The summed E-state index contributed by atoms with van der Waals surface area (Å²) in [6, 6.07) is 6.81.